The van der Waals surface area contributed by atoms with E-state index in [1.165, 1.54) is 30.5 Å². The highest BCUT2D eigenvalue weighted by atomic mass is 127. The van der Waals surface area contributed by atoms with Crippen LogP contribution in [0.1, 0.15) is 37.2 Å². The molecule has 2 N–H and O–H groups in total. The molecule has 0 radical (unpaired) electrons. The van der Waals surface area contributed by atoms with Gasteiger partial charge in [0.15, 0.2) is 5.96 Å². The van der Waals surface area contributed by atoms with E-state index in [-0.39, 0.29) is 29.8 Å². The summed E-state index contributed by atoms with van der Waals surface area (Å²) in [7, 11) is 2.02. The molecule has 2 aliphatic rings. The second-order valence-corrected chi connectivity index (χ2v) is 5.70. The lowest BCUT2D eigenvalue weighted by Crippen LogP contribution is -2.38. The van der Waals surface area contributed by atoms with Crippen LogP contribution in [0.5, 0.6) is 0 Å². The Balaban J connectivity index is 0.00000147. The van der Waals surface area contributed by atoms with Crippen LogP contribution in [-0.2, 0) is 0 Å². The minimum Gasteiger partial charge on any atom is -0.370 e. The van der Waals surface area contributed by atoms with E-state index in [0.29, 0.717) is 24.0 Å². The van der Waals surface area contributed by atoms with Crippen molar-refractivity contribution in [3.8, 4) is 0 Å². The lowest BCUT2D eigenvalue weighted by molar-refractivity contribution is 0.347. The molecule has 0 unspecified atom stereocenters. The SMILES string of the molecule is CN(C(N)=NC1CC(c2ccc(F)cc2)C1)C1CC1.I. The van der Waals surface area contributed by atoms with Gasteiger partial charge in [-0.3, -0.25) is 0 Å². The standard InChI is InChI=1S/C15H20FN3.HI/c1-19(14-6-7-14)15(17)18-13-8-11(9-13)10-2-4-12(16)5-3-10;/h2-5,11,13-14H,6-9H2,1H3,(H2,17,18);1H. The van der Waals surface area contributed by atoms with Crippen molar-refractivity contribution < 1.29 is 4.39 Å². The van der Waals surface area contributed by atoms with Crippen LogP contribution >= 0.6 is 24.0 Å². The van der Waals surface area contributed by atoms with Gasteiger partial charge in [-0.15, -0.1) is 24.0 Å². The molecule has 0 saturated heterocycles. The topological polar surface area (TPSA) is 41.6 Å². The predicted molar refractivity (Wildman–Crippen MR) is 90.0 cm³/mol. The Morgan fingerprint density at radius 1 is 1.25 bits per heavy atom. The van der Waals surface area contributed by atoms with Crippen LogP contribution in [0.4, 0.5) is 4.39 Å². The van der Waals surface area contributed by atoms with Gasteiger partial charge in [0, 0.05) is 13.1 Å². The highest BCUT2D eigenvalue weighted by Gasteiger charge is 2.32. The maximum atomic E-state index is 12.8. The largest absolute Gasteiger partial charge is 0.370 e. The smallest absolute Gasteiger partial charge is 0.191 e. The first-order valence-electron chi connectivity index (χ1n) is 6.95. The molecule has 2 aliphatic carbocycles. The Labute approximate surface area is 136 Å². The Hall–Kier alpha value is -0.850. The zero-order chi connectivity index (χ0) is 13.4. The summed E-state index contributed by atoms with van der Waals surface area (Å²) in [5, 5.41) is 0. The third-order valence-electron chi connectivity index (χ3n) is 4.23. The summed E-state index contributed by atoms with van der Waals surface area (Å²) in [6, 6.07) is 7.75. The molecule has 0 spiro atoms. The van der Waals surface area contributed by atoms with Crippen molar-refractivity contribution in [3.63, 3.8) is 0 Å². The van der Waals surface area contributed by atoms with Gasteiger partial charge in [-0.1, -0.05) is 12.1 Å². The van der Waals surface area contributed by atoms with Gasteiger partial charge in [-0.2, -0.15) is 0 Å². The first kappa shape index (κ1) is 15.5. The van der Waals surface area contributed by atoms with Crippen molar-refractivity contribution in [1.29, 1.82) is 0 Å². The van der Waals surface area contributed by atoms with Gasteiger partial charge >= 0.3 is 0 Å². The van der Waals surface area contributed by atoms with Crippen molar-refractivity contribution in [3.05, 3.63) is 35.6 Å². The van der Waals surface area contributed by atoms with E-state index in [9.17, 15) is 4.39 Å². The third-order valence-corrected chi connectivity index (χ3v) is 4.23. The van der Waals surface area contributed by atoms with Crippen molar-refractivity contribution in [1.82, 2.24) is 4.90 Å². The molecule has 5 heteroatoms. The summed E-state index contributed by atoms with van der Waals surface area (Å²) in [5.74, 6) is 1.01. The lowest BCUT2D eigenvalue weighted by atomic mass is 9.76. The minimum absolute atomic E-state index is 0. The number of aliphatic imine (C=N–C) groups is 1. The van der Waals surface area contributed by atoms with Gasteiger partial charge < -0.3 is 10.6 Å². The monoisotopic (exact) mass is 389 g/mol. The van der Waals surface area contributed by atoms with Crippen molar-refractivity contribution in [2.75, 3.05) is 7.05 Å². The molecule has 3 rings (SSSR count). The van der Waals surface area contributed by atoms with Gasteiger partial charge in [-0.25, -0.2) is 9.38 Å². The van der Waals surface area contributed by atoms with E-state index in [1.54, 1.807) is 0 Å². The number of halogens is 2. The molecule has 1 aromatic rings. The first-order chi connectivity index (χ1) is 9.13. The van der Waals surface area contributed by atoms with Crippen LogP contribution in [0.2, 0.25) is 0 Å². The molecule has 0 heterocycles. The lowest BCUT2D eigenvalue weighted by Gasteiger charge is -2.34. The van der Waals surface area contributed by atoms with Crippen LogP contribution in [0, 0.1) is 5.82 Å². The number of guanidine groups is 1. The third kappa shape index (κ3) is 3.42. The summed E-state index contributed by atoms with van der Waals surface area (Å²) < 4.78 is 12.8. The zero-order valence-corrected chi connectivity index (χ0v) is 14.0. The highest BCUT2D eigenvalue weighted by molar-refractivity contribution is 14.0. The average molecular weight is 389 g/mol. The highest BCUT2D eigenvalue weighted by Crippen LogP contribution is 2.39. The molecule has 20 heavy (non-hydrogen) atoms. The molecule has 0 aromatic heterocycles. The fraction of sp³-hybridized carbons (Fsp3) is 0.533. The van der Waals surface area contributed by atoms with Crippen molar-refractivity contribution in [2.24, 2.45) is 10.7 Å². The Morgan fingerprint density at radius 3 is 2.40 bits per heavy atom. The molecule has 0 aliphatic heterocycles. The van der Waals surface area contributed by atoms with Crippen LogP contribution in [0.15, 0.2) is 29.3 Å². The zero-order valence-electron chi connectivity index (χ0n) is 11.6. The van der Waals surface area contributed by atoms with Gasteiger partial charge in [0.1, 0.15) is 5.82 Å². The van der Waals surface area contributed by atoms with E-state index in [4.69, 9.17) is 5.73 Å². The maximum Gasteiger partial charge on any atom is 0.191 e. The van der Waals surface area contributed by atoms with Crippen molar-refractivity contribution in [2.45, 2.75) is 43.7 Å². The van der Waals surface area contributed by atoms with Gasteiger partial charge in [0.2, 0.25) is 0 Å². The summed E-state index contributed by atoms with van der Waals surface area (Å²) in [6.45, 7) is 0. The Bertz CT molecular complexity index is 478. The summed E-state index contributed by atoms with van der Waals surface area (Å²) in [6.07, 6.45) is 4.50. The maximum absolute atomic E-state index is 12.8. The fourth-order valence-electron chi connectivity index (χ4n) is 2.63. The van der Waals surface area contributed by atoms with E-state index in [0.717, 1.165) is 12.8 Å². The van der Waals surface area contributed by atoms with E-state index >= 15 is 0 Å². The molecule has 2 saturated carbocycles. The summed E-state index contributed by atoms with van der Waals surface area (Å²) in [5.41, 5.74) is 7.21. The number of hydrogen-bond donors (Lipinski definition) is 1. The second-order valence-electron chi connectivity index (χ2n) is 5.70. The van der Waals surface area contributed by atoms with Crippen molar-refractivity contribution >= 4 is 29.9 Å². The van der Waals surface area contributed by atoms with E-state index in [1.807, 2.05) is 19.2 Å². The van der Waals surface area contributed by atoms with Gasteiger partial charge in [0.05, 0.1) is 6.04 Å². The molecule has 1 aromatic carbocycles. The number of benzene rings is 1. The molecular weight excluding hydrogens is 368 g/mol. The van der Waals surface area contributed by atoms with Crippen LogP contribution in [0.3, 0.4) is 0 Å². The molecule has 0 amide bonds. The Kier molecular flexibility index (Phi) is 4.88. The number of rotatable bonds is 3. The predicted octanol–water partition coefficient (Wildman–Crippen LogP) is 3.10. The quantitative estimate of drug-likeness (QED) is 0.491. The molecule has 3 nitrogen and oxygen atoms in total. The second kappa shape index (κ2) is 6.28. The van der Waals surface area contributed by atoms with Gasteiger partial charge in [0.25, 0.3) is 0 Å². The first-order valence-corrected chi connectivity index (χ1v) is 6.95. The van der Waals surface area contributed by atoms with Gasteiger partial charge in [-0.05, 0) is 49.3 Å². The summed E-state index contributed by atoms with van der Waals surface area (Å²) >= 11 is 0. The molecule has 0 bridgehead atoms. The van der Waals surface area contributed by atoms with Crippen LogP contribution in [0.25, 0.3) is 0 Å². The van der Waals surface area contributed by atoms with E-state index in [2.05, 4.69) is 9.89 Å². The summed E-state index contributed by atoms with van der Waals surface area (Å²) in [4.78, 5) is 6.67. The number of nitrogens with zero attached hydrogens (tertiary/aromatic N) is 2. The van der Waals surface area contributed by atoms with Crippen LogP contribution in [-0.4, -0.2) is 30.0 Å². The molecule has 110 valence electrons. The molecule has 2 fully saturated rings. The van der Waals surface area contributed by atoms with E-state index < -0.39 is 0 Å². The average Bonchev–Trinajstić information content (AvgIpc) is 3.17. The normalized spacial score (nSPS) is 25.6. The Morgan fingerprint density at radius 2 is 1.85 bits per heavy atom. The van der Waals surface area contributed by atoms with Crippen LogP contribution < -0.4 is 5.73 Å². The minimum atomic E-state index is -0.173. The molecule has 0 atom stereocenters. The number of nitrogens with two attached hydrogens (primary N) is 1. The molecular formula is C15H21FIN3. The fourth-order valence-corrected chi connectivity index (χ4v) is 2.63. The number of hydrogen-bond acceptors (Lipinski definition) is 1.